The summed E-state index contributed by atoms with van der Waals surface area (Å²) in [7, 11) is 0. The topological polar surface area (TPSA) is 24.9 Å². The van der Waals surface area contributed by atoms with E-state index >= 15 is 0 Å². The van der Waals surface area contributed by atoms with Gasteiger partial charge in [-0.15, -0.1) is 11.3 Å². The summed E-state index contributed by atoms with van der Waals surface area (Å²) in [5.41, 5.74) is 1.19. The lowest BCUT2D eigenvalue weighted by Gasteiger charge is -1.97. The van der Waals surface area contributed by atoms with Gasteiger partial charge < -0.3 is 5.32 Å². The molecule has 0 aliphatic carbocycles. The van der Waals surface area contributed by atoms with Gasteiger partial charge in [-0.2, -0.15) is 0 Å². The Balaban J connectivity index is 2.31. The zero-order chi connectivity index (χ0) is 8.81. The van der Waals surface area contributed by atoms with Gasteiger partial charge in [0.25, 0.3) is 0 Å². The van der Waals surface area contributed by atoms with E-state index in [-0.39, 0.29) is 0 Å². The molecule has 0 aromatic carbocycles. The molecule has 12 heavy (non-hydrogen) atoms. The smallest absolute Gasteiger partial charge is 0.0926 e. The molecule has 0 saturated heterocycles. The van der Waals surface area contributed by atoms with E-state index in [1.54, 1.807) is 11.3 Å². The first-order chi connectivity index (χ1) is 5.86. The average molecular weight is 184 g/mol. The fourth-order valence-corrected chi connectivity index (χ4v) is 1.73. The standard InChI is InChI=1S/C9H16N2S/c1-3-5-10-6-8-7-12-9(4-2)11-8/h7,10H,3-6H2,1-2H3. The predicted octanol–water partition coefficient (Wildman–Crippen LogP) is 2.21. The van der Waals surface area contributed by atoms with Crippen LogP contribution in [0.25, 0.3) is 0 Å². The Labute approximate surface area is 78.0 Å². The van der Waals surface area contributed by atoms with Crippen LogP contribution in [0.2, 0.25) is 0 Å². The van der Waals surface area contributed by atoms with Crippen LogP contribution >= 0.6 is 11.3 Å². The van der Waals surface area contributed by atoms with Crippen molar-refractivity contribution in [2.75, 3.05) is 6.54 Å². The second-order valence-corrected chi connectivity index (χ2v) is 3.71. The molecule has 0 radical (unpaired) electrons. The lowest BCUT2D eigenvalue weighted by Crippen LogP contribution is -2.13. The van der Waals surface area contributed by atoms with Gasteiger partial charge in [0.05, 0.1) is 10.7 Å². The molecular weight excluding hydrogens is 168 g/mol. The quantitative estimate of drug-likeness (QED) is 0.710. The minimum absolute atomic E-state index is 0.921. The van der Waals surface area contributed by atoms with E-state index in [0.717, 1.165) is 19.5 Å². The third kappa shape index (κ3) is 2.91. The van der Waals surface area contributed by atoms with Crippen molar-refractivity contribution in [2.45, 2.75) is 33.2 Å². The average Bonchev–Trinajstić information content (AvgIpc) is 2.53. The van der Waals surface area contributed by atoms with Crippen LogP contribution in [0.5, 0.6) is 0 Å². The Bertz CT molecular complexity index is 220. The molecule has 0 atom stereocenters. The van der Waals surface area contributed by atoms with E-state index in [2.05, 4.69) is 29.5 Å². The number of hydrogen-bond donors (Lipinski definition) is 1. The molecule has 1 aromatic rings. The summed E-state index contributed by atoms with van der Waals surface area (Å²) >= 11 is 1.76. The molecule has 0 aliphatic rings. The highest BCUT2D eigenvalue weighted by Gasteiger charge is 1.98. The predicted molar refractivity (Wildman–Crippen MR) is 53.5 cm³/mol. The Morgan fingerprint density at radius 2 is 2.33 bits per heavy atom. The van der Waals surface area contributed by atoms with Crippen LogP contribution in [0, 0.1) is 0 Å². The fraction of sp³-hybridized carbons (Fsp3) is 0.667. The van der Waals surface area contributed by atoms with Crippen LogP contribution in [0.3, 0.4) is 0 Å². The molecule has 0 saturated carbocycles. The van der Waals surface area contributed by atoms with Gasteiger partial charge in [-0.1, -0.05) is 13.8 Å². The van der Waals surface area contributed by atoms with E-state index in [9.17, 15) is 0 Å². The summed E-state index contributed by atoms with van der Waals surface area (Å²) in [6, 6.07) is 0. The van der Waals surface area contributed by atoms with Crippen molar-refractivity contribution in [3.8, 4) is 0 Å². The normalized spacial score (nSPS) is 10.5. The van der Waals surface area contributed by atoms with E-state index in [1.165, 1.54) is 17.1 Å². The number of aromatic nitrogens is 1. The van der Waals surface area contributed by atoms with Crippen LogP contribution in [0.1, 0.15) is 31.0 Å². The molecule has 1 rings (SSSR count). The molecule has 0 unspecified atom stereocenters. The van der Waals surface area contributed by atoms with E-state index < -0.39 is 0 Å². The second-order valence-electron chi connectivity index (χ2n) is 2.76. The number of hydrogen-bond acceptors (Lipinski definition) is 3. The summed E-state index contributed by atoms with van der Waals surface area (Å²) in [4.78, 5) is 4.46. The lowest BCUT2D eigenvalue weighted by atomic mass is 10.4. The van der Waals surface area contributed by atoms with Crippen molar-refractivity contribution >= 4 is 11.3 Å². The number of nitrogens with zero attached hydrogens (tertiary/aromatic N) is 1. The van der Waals surface area contributed by atoms with Gasteiger partial charge in [-0.3, -0.25) is 0 Å². The third-order valence-electron chi connectivity index (χ3n) is 1.63. The number of nitrogens with one attached hydrogen (secondary N) is 1. The van der Waals surface area contributed by atoms with Crippen LogP contribution < -0.4 is 5.32 Å². The molecule has 0 spiro atoms. The maximum absolute atomic E-state index is 4.46. The minimum Gasteiger partial charge on any atom is -0.311 e. The van der Waals surface area contributed by atoms with Crippen molar-refractivity contribution < 1.29 is 0 Å². The summed E-state index contributed by atoms with van der Waals surface area (Å²) in [5.74, 6) is 0. The zero-order valence-corrected chi connectivity index (χ0v) is 8.58. The maximum Gasteiger partial charge on any atom is 0.0926 e. The second kappa shape index (κ2) is 5.27. The lowest BCUT2D eigenvalue weighted by molar-refractivity contribution is 0.665. The third-order valence-corrected chi connectivity index (χ3v) is 2.68. The van der Waals surface area contributed by atoms with E-state index in [4.69, 9.17) is 0 Å². The van der Waals surface area contributed by atoms with Crippen molar-refractivity contribution in [2.24, 2.45) is 0 Å². The van der Waals surface area contributed by atoms with Gasteiger partial charge >= 0.3 is 0 Å². The monoisotopic (exact) mass is 184 g/mol. The summed E-state index contributed by atoms with van der Waals surface area (Å²) in [5, 5.41) is 6.71. The number of rotatable bonds is 5. The molecule has 1 aromatic heterocycles. The van der Waals surface area contributed by atoms with Gasteiger partial charge in [-0.05, 0) is 19.4 Å². The van der Waals surface area contributed by atoms with Gasteiger partial charge in [0.1, 0.15) is 0 Å². The SMILES string of the molecule is CCCNCc1csc(CC)n1. The molecule has 0 fully saturated rings. The largest absolute Gasteiger partial charge is 0.311 e. The molecule has 1 N–H and O–H groups in total. The molecular formula is C9H16N2S. The molecule has 3 heteroatoms. The van der Waals surface area contributed by atoms with Gasteiger partial charge in [-0.25, -0.2) is 4.98 Å². The van der Waals surface area contributed by atoms with Crippen LogP contribution in [0.15, 0.2) is 5.38 Å². The molecule has 0 bridgehead atoms. The first kappa shape index (κ1) is 9.68. The highest BCUT2D eigenvalue weighted by Crippen LogP contribution is 2.09. The molecule has 1 heterocycles. The van der Waals surface area contributed by atoms with Crippen LogP contribution in [-0.2, 0) is 13.0 Å². The zero-order valence-electron chi connectivity index (χ0n) is 7.76. The van der Waals surface area contributed by atoms with E-state index in [1.807, 2.05) is 0 Å². The molecule has 0 aliphatic heterocycles. The van der Waals surface area contributed by atoms with Gasteiger partial charge in [0, 0.05) is 11.9 Å². The highest BCUT2D eigenvalue weighted by atomic mass is 32.1. The summed E-state index contributed by atoms with van der Waals surface area (Å²) in [6.45, 7) is 6.32. The Morgan fingerprint density at radius 3 is 2.92 bits per heavy atom. The van der Waals surface area contributed by atoms with Crippen LogP contribution in [0.4, 0.5) is 0 Å². The van der Waals surface area contributed by atoms with Crippen LogP contribution in [-0.4, -0.2) is 11.5 Å². The van der Waals surface area contributed by atoms with Crippen molar-refractivity contribution in [1.29, 1.82) is 0 Å². The molecule has 0 amide bonds. The molecule has 68 valence electrons. The van der Waals surface area contributed by atoms with Gasteiger partial charge in [0.15, 0.2) is 0 Å². The van der Waals surface area contributed by atoms with Crippen molar-refractivity contribution in [3.05, 3.63) is 16.1 Å². The van der Waals surface area contributed by atoms with E-state index in [0.29, 0.717) is 0 Å². The summed E-state index contributed by atoms with van der Waals surface area (Å²) < 4.78 is 0. The maximum atomic E-state index is 4.46. The minimum atomic E-state index is 0.921. The Hall–Kier alpha value is -0.410. The Morgan fingerprint density at radius 1 is 1.50 bits per heavy atom. The first-order valence-electron chi connectivity index (χ1n) is 4.50. The number of thiazole rings is 1. The fourth-order valence-electron chi connectivity index (χ4n) is 0.986. The van der Waals surface area contributed by atoms with Crippen molar-refractivity contribution in [3.63, 3.8) is 0 Å². The van der Waals surface area contributed by atoms with Gasteiger partial charge in [0.2, 0.25) is 0 Å². The first-order valence-corrected chi connectivity index (χ1v) is 5.38. The number of aryl methyl sites for hydroxylation is 1. The highest BCUT2D eigenvalue weighted by molar-refractivity contribution is 7.09. The Kier molecular flexibility index (Phi) is 4.25. The summed E-state index contributed by atoms with van der Waals surface area (Å²) in [6.07, 6.45) is 2.24. The van der Waals surface area contributed by atoms with Crippen molar-refractivity contribution in [1.82, 2.24) is 10.3 Å². The molecule has 2 nitrogen and oxygen atoms in total.